The third kappa shape index (κ3) is 20.2. The van der Waals surface area contributed by atoms with Crippen molar-refractivity contribution in [1.82, 2.24) is 38.9 Å². The second kappa shape index (κ2) is 35.8. The van der Waals surface area contributed by atoms with Gasteiger partial charge < -0.3 is 39.4 Å². The van der Waals surface area contributed by atoms with Gasteiger partial charge in [0.25, 0.3) is 17.7 Å². The minimum absolute atomic E-state index is 0.00157. The molecule has 2 aliphatic heterocycles. The van der Waals surface area contributed by atoms with E-state index in [2.05, 4.69) is 48.3 Å². The van der Waals surface area contributed by atoms with Gasteiger partial charge in [-0.3, -0.25) is 40.0 Å². The van der Waals surface area contributed by atoms with Crippen molar-refractivity contribution in [3.63, 3.8) is 0 Å². The van der Waals surface area contributed by atoms with Gasteiger partial charge in [0, 0.05) is 66.7 Å². The molecule has 6 aromatic carbocycles. The molecule has 3 aromatic heterocycles. The summed E-state index contributed by atoms with van der Waals surface area (Å²) in [4.78, 5) is 66.0. The van der Waals surface area contributed by atoms with Crippen molar-refractivity contribution in [2.75, 3.05) is 62.0 Å². The van der Waals surface area contributed by atoms with Crippen LogP contribution in [0.2, 0.25) is 0 Å². The zero-order chi connectivity index (χ0) is 76.0. The highest BCUT2D eigenvalue weighted by atomic mass is 19.4. The molecule has 0 radical (unpaired) electrons. The van der Waals surface area contributed by atoms with E-state index in [1.54, 1.807) is 30.3 Å². The van der Waals surface area contributed by atoms with Crippen LogP contribution in [0.25, 0.3) is 33.1 Å². The van der Waals surface area contributed by atoms with E-state index < -0.39 is 52.9 Å². The Morgan fingerprint density at radius 3 is 1.10 bits per heavy atom. The van der Waals surface area contributed by atoms with Crippen LogP contribution in [0.1, 0.15) is 203 Å². The quantitative estimate of drug-likeness (QED) is 0.0331. The zero-order valence-electron chi connectivity index (χ0n) is 59.2. The number of benzene rings is 6. The number of likely N-dealkylation sites (tertiary alicyclic amines) is 1. The molecule has 0 bridgehead atoms. The molecule has 3 aliphatic carbocycles. The fourth-order valence-corrected chi connectivity index (χ4v) is 15.0. The number of imidazole rings is 3. The van der Waals surface area contributed by atoms with Gasteiger partial charge in [-0.25, -0.2) is 15.0 Å². The topological polar surface area (TPSA) is 254 Å². The van der Waals surface area contributed by atoms with Crippen molar-refractivity contribution >= 4 is 75.0 Å². The molecule has 19 nitrogen and oxygen atoms in total. The number of rotatable bonds is 16. The molecule has 0 spiro atoms. The van der Waals surface area contributed by atoms with Crippen LogP contribution in [0.5, 0.6) is 0 Å². The summed E-state index contributed by atoms with van der Waals surface area (Å²) < 4.78 is 124. The van der Waals surface area contributed by atoms with Gasteiger partial charge in [0.05, 0.1) is 56.4 Å². The second-order valence-electron chi connectivity index (χ2n) is 28.4. The minimum atomic E-state index is -4.56. The summed E-state index contributed by atoms with van der Waals surface area (Å²) in [5.74, 6) is -0.448. The Hall–Kier alpha value is -9.06. The molecule has 2 saturated heterocycles. The number of nitrogens with zero attached hydrogens (tertiary/aromatic N) is 7. The lowest BCUT2D eigenvalue weighted by molar-refractivity contribution is -0.138. The van der Waals surface area contributed by atoms with Gasteiger partial charge in [0.1, 0.15) is 6.29 Å². The third-order valence-corrected chi connectivity index (χ3v) is 21.0. The number of aldehydes is 1. The molecule has 3 saturated carbocycles. The number of alkyl halides is 9. The van der Waals surface area contributed by atoms with E-state index in [9.17, 15) is 79.1 Å². The summed E-state index contributed by atoms with van der Waals surface area (Å²) in [6.45, 7) is 5.77. The molecule has 107 heavy (non-hydrogen) atoms. The first-order valence-electron chi connectivity index (χ1n) is 36.7. The van der Waals surface area contributed by atoms with Crippen LogP contribution in [0.3, 0.4) is 0 Å². The van der Waals surface area contributed by atoms with Crippen molar-refractivity contribution in [3.05, 3.63) is 177 Å². The first-order valence-corrected chi connectivity index (χ1v) is 36.7. The Morgan fingerprint density at radius 2 is 0.776 bits per heavy atom. The first-order chi connectivity index (χ1) is 51.4. The number of hydrogen-bond donors (Lipinski definition) is 8. The van der Waals surface area contributed by atoms with Gasteiger partial charge in [0.15, 0.2) is 0 Å². The number of hydrogen-bond acceptors (Lipinski definition) is 13. The van der Waals surface area contributed by atoms with E-state index >= 15 is 0 Å². The summed E-state index contributed by atoms with van der Waals surface area (Å²) in [5, 5.41) is 49.3. The minimum Gasteiger partial charge on any atom is -0.396 e. The standard InChI is InChI=1S/C28H33F3N4O2.C23H24F3N3O3.C23H22F3N3O3.C5H11N/c29-28(30,31)22-6-4-5-21(16-22)26(37)33-27-32-24-15-20(17-34-13-2-1-3-14-34)9-12-25(24)35(27)23-10-7-19(18-36)8-11-23;2*24-23(25,26)17-3-1-2-16(11-17)21(32)28-22-27-19-10-15(13-31)6-9-20(19)29(22)18-7-4-14(12-30)5-8-18;1-2-4-6-5-3-1/h4-6,9,12,15-16,19,23,36H,1-3,7-8,10-11,13-14,17-18H2,(H,32,33,37);1-3,6,9-11,14,18,30-31H,4-5,7-8,12-13H2,(H,27,28,32);1-3,6,9-11,13-14,18,30H,4-5,7-8,12H2,(H,27,28,32);6H,1-5H2. The van der Waals surface area contributed by atoms with E-state index in [4.69, 9.17) is 4.98 Å². The molecule has 14 rings (SSSR count). The number of piperidine rings is 2. The Labute approximate surface area is 613 Å². The molecule has 0 unspecified atom stereocenters. The number of aromatic nitrogens is 6. The van der Waals surface area contributed by atoms with Gasteiger partial charge >= 0.3 is 18.5 Å². The van der Waals surface area contributed by atoms with Crippen molar-refractivity contribution < 1.29 is 79.1 Å². The Morgan fingerprint density at radius 1 is 0.430 bits per heavy atom. The Balaban J connectivity index is 0.000000154. The molecule has 3 amide bonds. The van der Waals surface area contributed by atoms with Crippen LogP contribution >= 0.6 is 0 Å². The normalized spacial score (nSPS) is 20.2. The zero-order valence-corrected chi connectivity index (χ0v) is 59.2. The average molecular weight is 1490 g/mol. The Bertz CT molecular complexity index is 4490. The number of nitrogens with one attached hydrogen (secondary N) is 4. The molecular weight excluding hydrogens is 1400 g/mol. The molecule has 9 aromatic rings. The second-order valence-corrected chi connectivity index (χ2v) is 28.4. The lowest BCUT2D eigenvalue weighted by Gasteiger charge is -2.30. The maximum atomic E-state index is 13.2. The number of amides is 3. The Kier molecular flexibility index (Phi) is 26.4. The van der Waals surface area contributed by atoms with Crippen LogP contribution in [0.15, 0.2) is 127 Å². The maximum Gasteiger partial charge on any atom is 0.416 e. The molecule has 5 aliphatic rings. The number of anilines is 3. The van der Waals surface area contributed by atoms with Crippen molar-refractivity contribution in [2.24, 2.45) is 17.8 Å². The van der Waals surface area contributed by atoms with Crippen LogP contribution in [-0.4, -0.2) is 124 Å². The van der Waals surface area contributed by atoms with Gasteiger partial charge in [0.2, 0.25) is 17.8 Å². The highest BCUT2D eigenvalue weighted by molar-refractivity contribution is 6.06. The molecule has 572 valence electrons. The summed E-state index contributed by atoms with van der Waals surface area (Å²) in [6, 6.07) is 29.6. The van der Waals surface area contributed by atoms with E-state index in [1.807, 2.05) is 25.8 Å². The SMILES string of the molecule is C1CCNCC1.O=C(Nc1nc2cc(CN3CCCCC3)ccc2n1C1CCC(CO)CC1)c1cccc(C(F)(F)F)c1.O=C(Nc1nc2cc(CO)ccc2n1C1CCC(CO)CC1)c1cccc(C(F)(F)F)c1.O=Cc1ccc2c(c1)nc(NC(=O)c1cccc(C(F)(F)F)c1)n2C1CCC(CO)CC1. The lowest BCUT2D eigenvalue weighted by Crippen LogP contribution is -2.29. The molecular formula is C79H90F9N11O8. The van der Waals surface area contributed by atoms with Crippen LogP contribution in [0.4, 0.5) is 57.4 Å². The van der Waals surface area contributed by atoms with Crippen molar-refractivity contribution in [1.29, 1.82) is 0 Å². The molecule has 8 N–H and O–H groups in total. The van der Waals surface area contributed by atoms with E-state index in [0.717, 1.165) is 161 Å². The third-order valence-electron chi connectivity index (χ3n) is 21.0. The maximum absolute atomic E-state index is 13.2. The van der Waals surface area contributed by atoms with Gasteiger partial charge in [-0.15, -0.1) is 0 Å². The fraction of sp³-hybridized carbons (Fsp3) is 0.456. The summed E-state index contributed by atoms with van der Waals surface area (Å²) >= 11 is 0. The lowest BCUT2D eigenvalue weighted by atomic mass is 9.86. The molecule has 5 heterocycles. The highest BCUT2D eigenvalue weighted by Crippen LogP contribution is 2.42. The molecule has 28 heteroatoms. The largest absolute Gasteiger partial charge is 0.416 e. The van der Waals surface area contributed by atoms with Crippen LogP contribution in [-0.2, 0) is 31.7 Å². The monoisotopic (exact) mass is 1490 g/mol. The number of halogens is 9. The van der Waals surface area contributed by atoms with E-state index in [-0.39, 0.29) is 90.9 Å². The van der Waals surface area contributed by atoms with Gasteiger partial charge in [-0.2, -0.15) is 39.5 Å². The number of aliphatic hydroxyl groups excluding tert-OH is 4. The van der Waals surface area contributed by atoms with Crippen LogP contribution in [0, 0.1) is 17.8 Å². The summed E-state index contributed by atoms with van der Waals surface area (Å²) in [5.41, 5.74) is 3.53. The van der Waals surface area contributed by atoms with E-state index in [0.29, 0.717) is 34.4 Å². The number of fused-ring (bicyclic) bond motifs is 3. The summed E-state index contributed by atoms with van der Waals surface area (Å²) in [7, 11) is 0. The summed E-state index contributed by atoms with van der Waals surface area (Å²) in [6.07, 6.45) is 4.75. The number of carbonyl (C=O) groups is 4. The predicted octanol–water partition coefficient (Wildman–Crippen LogP) is 16.1. The van der Waals surface area contributed by atoms with Gasteiger partial charge in [-0.05, 0) is 255 Å². The first kappa shape index (κ1) is 79.0. The number of aliphatic hydroxyl groups is 4. The molecule has 5 fully saturated rings. The number of carbonyl (C=O) groups excluding carboxylic acids is 4. The predicted molar refractivity (Wildman–Crippen MR) is 389 cm³/mol. The molecule has 0 atom stereocenters. The van der Waals surface area contributed by atoms with Gasteiger partial charge in [-0.1, -0.05) is 43.2 Å². The highest BCUT2D eigenvalue weighted by Gasteiger charge is 2.36. The average Bonchev–Trinajstić information content (AvgIpc) is 1.64. The van der Waals surface area contributed by atoms with Crippen molar-refractivity contribution in [2.45, 2.75) is 165 Å². The van der Waals surface area contributed by atoms with E-state index in [1.165, 1.54) is 88.0 Å². The van der Waals surface area contributed by atoms with Crippen LogP contribution < -0.4 is 21.3 Å². The van der Waals surface area contributed by atoms with Crippen molar-refractivity contribution in [3.8, 4) is 0 Å². The fourth-order valence-electron chi connectivity index (χ4n) is 15.0. The smallest absolute Gasteiger partial charge is 0.396 e.